The average Bonchev–Trinajstić information content (AvgIpc) is 3.03. The Bertz CT molecular complexity index is 933. The maximum atomic E-state index is 13.0. The zero-order chi connectivity index (χ0) is 21.7. The van der Waals surface area contributed by atoms with E-state index in [1.54, 1.807) is 0 Å². The first kappa shape index (κ1) is 20.4. The number of carbonyl (C=O) groups is 1. The van der Waals surface area contributed by atoms with E-state index in [1.165, 1.54) is 10.5 Å². The summed E-state index contributed by atoms with van der Waals surface area (Å²) in [5.74, 6) is 0. The first-order valence-electron chi connectivity index (χ1n) is 9.22. The molecule has 2 heterocycles. The van der Waals surface area contributed by atoms with E-state index in [0.717, 1.165) is 18.7 Å². The monoisotopic (exact) mass is 429 g/mol. The minimum atomic E-state index is -4.97. The van der Waals surface area contributed by atoms with E-state index in [1.807, 2.05) is 24.3 Å². The number of fused-ring (bicyclic) bond motifs is 1. The van der Waals surface area contributed by atoms with Crippen LogP contribution in [0.1, 0.15) is 16.7 Å². The molecule has 0 aromatic heterocycles. The molecule has 4 rings (SSSR count). The molecular formula is C20H17F6N3O. The molecule has 2 aromatic rings. The predicted molar refractivity (Wildman–Crippen MR) is 98.3 cm³/mol. The van der Waals surface area contributed by atoms with Crippen LogP contribution in [0.4, 0.5) is 42.5 Å². The molecule has 0 aliphatic carbocycles. The van der Waals surface area contributed by atoms with Crippen LogP contribution < -0.4 is 10.2 Å². The molecule has 0 saturated carbocycles. The summed E-state index contributed by atoms with van der Waals surface area (Å²) in [5, 5.41) is 2.17. The van der Waals surface area contributed by atoms with Crippen LogP contribution in [0.5, 0.6) is 0 Å². The standard InChI is InChI=1S/C20H17F6N3O/c21-19(22,23)13-7-14(20(24,25)26)9-15(8-13)27-18(30)28-10-16(11-28)29-6-5-12-3-1-2-4-17(12)29/h1-4,7-9,16H,5-6,10-11H2,(H,27,30). The van der Waals surface area contributed by atoms with Crippen molar-refractivity contribution in [2.45, 2.75) is 24.8 Å². The number of alkyl halides is 6. The van der Waals surface area contributed by atoms with E-state index in [-0.39, 0.29) is 12.1 Å². The SMILES string of the molecule is O=C(Nc1cc(C(F)(F)F)cc(C(F)(F)F)c1)N1CC(N2CCc3ccccc32)C1. The van der Waals surface area contributed by atoms with Crippen LogP contribution in [0, 0.1) is 0 Å². The van der Waals surface area contributed by atoms with Crippen LogP contribution >= 0.6 is 0 Å². The number of likely N-dealkylation sites (tertiary alicyclic amines) is 1. The number of benzene rings is 2. The van der Waals surface area contributed by atoms with Crippen molar-refractivity contribution in [3.05, 3.63) is 59.2 Å². The summed E-state index contributed by atoms with van der Waals surface area (Å²) in [7, 11) is 0. The molecule has 30 heavy (non-hydrogen) atoms. The van der Waals surface area contributed by atoms with Crippen LogP contribution in [0.2, 0.25) is 0 Å². The fraction of sp³-hybridized carbons (Fsp3) is 0.350. The lowest BCUT2D eigenvalue weighted by Crippen LogP contribution is -2.61. The van der Waals surface area contributed by atoms with Gasteiger partial charge in [-0.15, -0.1) is 0 Å². The Balaban J connectivity index is 1.44. The lowest BCUT2D eigenvalue weighted by atomic mass is 10.1. The van der Waals surface area contributed by atoms with Gasteiger partial charge in [0.25, 0.3) is 0 Å². The molecule has 0 unspecified atom stereocenters. The molecule has 0 radical (unpaired) electrons. The van der Waals surface area contributed by atoms with Gasteiger partial charge in [-0.1, -0.05) is 18.2 Å². The summed E-state index contributed by atoms with van der Waals surface area (Å²) in [6, 6.07) is 8.26. The summed E-state index contributed by atoms with van der Waals surface area (Å²) in [6.07, 6.45) is -9.04. The fourth-order valence-electron chi connectivity index (χ4n) is 3.79. The molecule has 0 spiro atoms. The minimum Gasteiger partial charge on any atom is -0.364 e. The zero-order valence-corrected chi connectivity index (χ0v) is 15.5. The van der Waals surface area contributed by atoms with Gasteiger partial charge in [-0.2, -0.15) is 26.3 Å². The molecule has 0 atom stereocenters. The van der Waals surface area contributed by atoms with Crippen molar-refractivity contribution in [2.75, 3.05) is 29.9 Å². The molecular weight excluding hydrogens is 412 g/mol. The summed E-state index contributed by atoms with van der Waals surface area (Å²) in [6.45, 7) is 1.48. The van der Waals surface area contributed by atoms with Gasteiger partial charge in [-0.3, -0.25) is 0 Å². The van der Waals surface area contributed by atoms with Crippen molar-refractivity contribution >= 4 is 17.4 Å². The molecule has 160 valence electrons. The Morgan fingerprint density at radius 2 is 1.53 bits per heavy atom. The summed E-state index contributed by atoms with van der Waals surface area (Å²) in [4.78, 5) is 15.9. The van der Waals surface area contributed by atoms with Gasteiger partial charge in [0.15, 0.2) is 0 Å². The van der Waals surface area contributed by atoms with Crippen LogP contribution in [-0.2, 0) is 18.8 Å². The molecule has 2 aliphatic rings. The smallest absolute Gasteiger partial charge is 0.364 e. The average molecular weight is 429 g/mol. The number of hydrogen-bond acceptors (Lipinski definition) is 2. The summed E-state index contributed by atoms with van der Waals surface area (Å²) in [5.41, 5.74) is -1.18. The van der Waals surface area contributed by atoms with Gasteiger partial charge < -0.3 is 15.1 Å². The number of nitrogens with zero attached hydrogens (tertiary/aromatic N) is 2. The molecule has 1 fully saturated rings. The van der Waals surface area contributed by atoms with Gasteiger partial charge in [0.1, 0.15) is 0 Å². The number of carbonyl (C=O) groups excluding carboxylic acids is 1. The number of amides is 2. The highest BCUT2D eigenvalue weighted by molar-refractivity contribution is 5.90. The molecule has 0 bridgehead atoms. The molecule has 1 N–H and O–H groups in total. The Kier molecular flexibility index (Phi) is 4.82. The number of halogens is 6. The van der Waals surface area contributed by atoms with E-state index in [0.29, 0.717) is 25.2 Å². The highest BCUT2D eigenvalue weighted by Crippen LogP contribution is 2.38. The summed E-state index contributed by atoms with van der Waals surface area (Å²) < 4.78 is 77.8. The molecule has 2 amide bonds. The first-order valence-corrected chi connectivity index (χ1v) is 9.22. The largest absolute Gasteiger partial charge is 0.416 e. The second-order valence-electron chi connectivity index (χ2n) is 7.36. The van der Waals surface area contributed by atoms with Gasteiger partial charge in [0.2, 0.25) is 0 Å². The van der Waals surface area contributed by atoms with Crippen molar-refractivity contribution < 1.29 is 31.1 Å². The number of anilines is 2. The quantitative estimate of drug-likeness (QED) is 0.682. The number of nitrogens with one attached hydrogen (secondary N) is 1. The zero-order valence-electron chi connectivity index (χ0n) is 15.5. The number of urea groups is 1. The van der Waals surface area contributed by atoms with E-state index >= 15 is 0 Å². The van der Waals surface area contributed by atoms with Gasteiger partial charge in [-0.25, -0.2) is 4.79 Å². The van der Waals surface area contributed by atoms with Gasteiger partial charge in [-0.05, 0) is 36.2 Å². The predicted octanol–water partition coefficient (Wildman–Crippen LogP) is 5.00. The van der Waals surface area contributed by atoms with Gasteiger partial charge >= 0.3 is 18.4 Å². The Labute approximate surface area is 168 Å². The van der Waals surface area contributed by atoms with Crippen LogP contribution in [0.25, 0.3) is 0 Å². The molecule has 4 nitrogen and oxygen atoms in total. The molecule has 10 heteroatoms. The lowest BCUT2D eigenvalue weighted by Gasteiger charge is -2.45. The van der Waals surface area contributed by atoms with E-state index in [4.69, 9.17) is 0 Å². The lowest BCUT2D eigenvalue weighted by molar-refractivity contribution is -0.143. The Morgan fingerprint density at radius 3 is 2.13 bits per heavy atom. The minimum absolute atomic E-state index is 0.0279. The molecule has 2 aromatic carbocycles. The Hall–Kier alpha value is -2.91. The molecule has 1 saturated heterocycles. The highest BCUT2D eigenvalue weighted by atomic mass is 19.4. The second kappa shape index (κ2) is 7.10. The maximum absolute atomic E-state index is 13.0. The number of hydrogen-bond donors (Lipinski definition) is 1. The second-order valence-corrected chi connectivity index (χ2v) is 7.36. The summed E-state index contributed by atoms with van der Waals surface area (Å²) >= 11 is 0. The third kappa shape index (κ3) is 3.90. The normalized spacial score (nSPS) is 17.0. The van der Waals surface area contributed by atoms with Crippen LogP contribution in [0.15, 0.2) is 42.5 Å². The highest BCUT2D eigenvalue weighted by Gasteiger charge is 2.39. The van der Waals surface area contributed by atoms with Gasteiger partial charge in [0.05, 0.1) is 17.2 Å². The molecule has 2 aliphatic heterocycles. The van der Waals surface area contributed by atoms with Crippen LogP contribution in [0.3, 0.4) is 0 Å². The van der Waals surface area contributed by atoms with Crippen molar-refractivity contribution in [1.82, 2.24) is 4.90 Å². The van der Waals surface area contributed by atoms with E-state index in [9.17, 15) is 31.1 Å². The van der Waals surface area contributed by atoms with E-state index in [2.05, 4.69) is 10.2 Å². The number of para-hydroxylation sites is 1. The van der Waals surface area contributed by atoms with Gasteiger partial charge in [0, 0.05) is 31.0 Å². The fourth-order valence-corrected chi connectivity index (χ4v) is 3.79. The van der Waals surface area contributed by atoms with Crippen LogP contribution in [-0.4, -0.2) is 36.6 Å². The topological polar surface area (TPSA) is 35.6 Å². The maximum Gasteiger partial charge on any atom is 0.416 e. The third-order valence-corrected chi connectivity index (χ3v) is 5.35. The van der Waals surface area contributed by atoms with Crippen molar-refractivity contribution in [3.8, 4) is 0 Å². The Morgan fingerprint density at radius 1 is 0.933 bits per heavy atom. The third-order valence-electron chi connectivity index (χ3n) is 5.35. The van der Waals surface area contributed by atoms with Crippen molar-refractivity contribution in [3.63, 3.8) is 0 Å². The van der Waals surface area contributed by atoms with Crippen molar-refractivity contribution in [2.24, 2.45) is 0 Å². The van der Waals surface area contributed by atoms with E-state index < -0.39 is 35.2 Å². The number of rotatable bonds is 2. The van der Waals surface area contributed by atoms with Crippen molar-refractivity contribution in [1.29, 1.82) is 0 Å². The first-order chi connectivity index (χ1) is 14.0.